The summed E-state index contributed by atoms with van der Waals surface area (Å²) in [6.45, 7) is 1.07. The Morgan fingerprint density at radius 2 is 1.83 bits per heavy atom. The van der Waals surface area contributed by atoms with Crippen LogP contribution in [0.25, 0.3) is 0 Å². The summed E-state index contributed by atoms with van der Waals surface area (Å²) in [4.78, 5) is 2.07. The third-order valence-electron chi connectivity index (χ3n) is 2.54. The van der Waals surface area contributed by atoms with E-state index in [4.69, 9.17) is 17.3 Å². The smallest absolute Gasteiger partial charge is 0.242 e. The summed E-state index contributed by atoms with van der Waals surface area (Å²) in [5, 5.41) is 0.247. The highest BCUT2D eigenvalue weighted by Gasteiger charge is 2.21. The summed E-state index contributed by atoms with van der Waals surface area (Å²) in [5.41, 5.74) is 5.93. The van der Waals surface area contributed by atoms with Crippen molar-refractivity contribution in [3.63, 3.8) is 0 Å². The number of rotatable bonds is 5. The van der Waals surface area contributed by atoms with Crippen LogP contribution in [0.4, 0.5) is 5.69 Å². The molecule has 0 radical (unpaired) electrons. The van der Waals surface area contributed by atoms with Gasteiger partial charge >= 0.3 is 0 Å². The first-order valence-corrected chi connectivity index (χ1v) is 7.23. The Balaban J connectivity index is 2.95. The minimum absolute atomic E-state index is 0.156. The van der Waals surface area contributed by atoms with Crippen LogP contribution in [0, 0.1) is 0 Å². The van der Waals surface area contributed by atoms with E-state index in [0.717, 1.165) is 0 Å². The second-order valence-corrected chi connectivity index (χ2v) is 6.77. The van der Waals surface area contributed by atoms with Crippen LogP contribution < -0.4 is 5.73 Å². The molecule has 0 amide bonds. The lowest BCUT2D eigenvalue weighted by Gasteiger charge is -2.19. The minimum Gasteiger partial charge on any atom is -0.398 e. The van der Waals surface area contributed by atoms with Crippen LogP contribution in [-0.2, 0) is 10.0 Å². The van der Waals surface area contributed by atoms with Gasteiger partial charge in [-0.3, -0.25) is 0 Å². The predicted molar refractivity (Wildman–Crippen MR) is 74.2 cm³/mol. The Kier molecular flexibility index (Phi) is 4.98. The largest absolute Gasteiger partial charge is 0.398 e. The van der Waals surface area contributed by atoms with Crippen LogP contribution in [0.2, 0.25) is 5.02 Å². The number of anilines is 1. The highest BCUT2D eigenvalue weighted by atomic mass is 35.5. The molecular formula is C11H18ClN3O2S. The molecule has 0 aliphatic carbocycles. The third kappa shape index (κ3) is 3.58. The SMILES string of the molecule is CN(C)CCN(C)S(=O)(=O)c1ccc(N)c(Cl)c1. The number of nitrogens with zero attached hydrogens (tertiary/aromatic N) is 2. The van der Waals surface area contributed by atoms with Crippen molar-refractivity contribution in [2.45, 2.75) is 4.90 Å². The molecule has 0 aliphatic heterocycles. The van der Waals surface area contributed by atoms with E-state index >= 15 is 0 Å². The zero-order chi connectivity index (χ0) is 13.9. The maximum atomic E-state index is 12.2. The van der Waals surface area contributed by atoms with E-state index in [0.29, 0.717) is 18.8 Å². The number of halogens is 1. The van der Waals surface area contributed by atoms with Gasteiger partial charge in [-0.15, -0.1) is 0 Å². The summed E-state index contributed by atoms with van der Waals surface area (Å²) in [6, 6.07) is 4.33. The molecule has 0 heterocycles. The zero-order valence-corrected chi connectivity index (χ0v) is 12.3. The van der Waals surface area contributed by atoms with Gasteiger partial charge in [0.2, 0.25) is 10.0 Å². The fraction of sp³-hybridized carbons (Fsp3) is 0.455. The molecule has 102 valence electrons. The summed E-state index contributed by atoms with van der Waals surface area (Å²) < 4.78 is 25.7. The van der Waals surface area contributed by atoms with Gasteiger partial charge in [-0.1, -0.05) is 11.6 Å². The minimum atomic E-state index is -3.51. The van der Waals surface area contributed by atoms with Gasteiger partial charge in [-0.2, -0.15) is 4.31 Å². The van der Waals surface area contributed by atoms with Gasteiger partial charge in [0.15, 0.2) is 0 Å². The summed E-state index contributed by atoms with van der Waals surface area (Å²) in [6.07, 6.45) is 0. The number of nitrogens with two attached hydrogens (primary N) is 1. The molecule has 1 aromatic carbocycles. The Morgan fingerprint density at radius 3 is 2.33 bits per heavy atom. The van der Waals surface area contributed by atoms with E-state index in [1.165, 1.54) is 22.5 Å². The fourth-order valence-electron chi connectivity index (χ4n) is 1.31. The van der Waals surface area contributed by atoms with Crippen molar-refractivity contribution >= 4 is 27.3 Å². The Labute approximate surface area is 113 Å². The van der Waals surface area contributed by atoms with E-state index in [9.17, 15) is 8.42 Å². The number of nitrogen functional groups attached to an aromatic ring is 1. The molecule has 2 N–H and O–H groups in total. The molecule has 0 saturated carbocycles. The van der Waals surface area contributed by atoms with Gasteiger partial charge in [0.1, 0.15) is 0 Å². The average Bonchev–Trinajstić information content (AvgIpc) is 2.29. The average molecular weight is 292 g/mol. The summed E-state index contributed by atoms with van der Waals surface area (Å²) in [5.74, 6) is 0. The number of likely N-dealkylation sites (N-methyl/N-ethyl adjacent to an activating group) is 2. The molecule has 0 spiro atoms. The maximum absolute atomic E-state index is 12.2. The van der Waals surface area contributed by atoms with E-state index in [1.807, 2.05) is 19.0 Å². The van der Waals surface area contributed by atoms with Gasteiger partial charge in [-0.25, -0.2) is 8.42 Å². The van der Waals surface area contributed by atoms with Crippen LogP contribution in [0.3, 0.4) is 0 Å². The van der Waals surface area contributed by atoms with E-state index < -0.39 is 10.0 Å². The van der Waals surface area contributed by atoms with E-state index in [2.05, 4.69) is 0 Å². The molecule has 0 unspecified atom stereocenters. The predicted octanol–water partition coefficient (Wildman–Crippen LogP) is 1.10. The lowest BCUT2D eigenvalue weighted by Crippen LogP contribution is -2.33. The molecule has 5 nitrogen and oxygen atoms in total. The van der Waals surface area contributed by atoms with Crippen molar-refractivity contribution in [2.75, 3.05) is 40.0 Å². The van der Waals surface area contributed by atoms with Crippen LogP contribution >= 0.6 is 11.6 Å². The van der Waals surface area contributed by atoms with Crippen molar-refractivity contribution in [3.8, 4) is 0 Å². The number of sulfonamides is 1. The Morgan fingerprint density at radius 1 is 1.22 bits per heavy atom. The molecule has 0 aromatic heterocycles. The molecule has 0 saturated heterocycles. The van der Waals surface area contributed by atoms with Crippen molar-refractivity contribution in [3.05, 3.63) is 23.2 Å². The number of benzene rings is 1. The highest BCUT2D eigenvalue weighted by molar-refractivity contribution is 7.89. The number of hydrogen-bond donors (Lipinski definition) is 1. The van der Waals surface area contributed by atoms with Crippen LogP contribution in [-0.4, -0.2) is 51.9 Å². The third-order valence-corrected chi connectivity index (χ3v) is 4.72. The first-order chi connectivity index (χ1) is 8.25. The lowest BCUT2D eigenvalue weighted by atomic mass is 10.3. The number of hydrogen-bond acceptors (Lipinski definition) is 4. The Bertz CT molecular complexity index is 517. The quantitative estimate of drug-likeness (QED) is 0.825. The Hall–Kier alpha value is -0.820. The topological polar surface area (TPSA) is 66.6 Å². The molecule has 0 fully saturated rings. The standard InChI is InChI=1S/C11H18ClN3O2S/c1-14(2)6-7-15(3)18(16,17)9-4-5-11(13)10(12)8-9/h4-5,8H,6-7,13H2,1-3H3. The molecule has 1 aromatic rings. The summed E-state index contributed by atoms with van der Waals surface area (Å²) >= 11 is 5.84. The monoisotopic (exact) mass is 291 g/mol. The van der Waals surface area contributed by atoms with Crippen molar-refractivity contribution in [1.82, 2.24) is 9.21 Å². The first kappa shape index (κ1) is 15.2. The highest BCUT2D eigenvalue weighted by Crippen LogP contribution is 2.24. The molecule has 7 heteroatoms. The molecule has 0 atom stereocenters. The van der Waals surface area contributed by atoms with Gasteiger partial charge in [0.05, 0.1) is 15.6 Å². The molecule has 18 heavy (non-hydrogen) atoms. The first-order valence-electron chi connectivity index (χ1n) is 5.41. The van der Waals surface area contributed by atoms with E-state index in [1.54, 1.807) is 7.05 Å². The van der Waals surface area contributed by atoms with Gasteiger partial charge in [0.25, 0.3) is 0 Å². The second kappa shape index (κ2) is 5.88. The molecular weight excluding hydrogens is 274 g/mol. The summed E-state index contributed by atoms with van der Waals surface area (Å²) in [7, 11) is 1.82. The zero-order valence-electron chi connectivity index (χ0n) is 10.7. The second-order valence-electron chi connectivity index (χ2n) is 4.31. The molecule has 0 aliphatic rings. The lowest BCUT2D eigenvalue weighted by molar-refractivity contribution is 0.358. The van der Waals surface area contributed by atoms with Gasteiger partial charge < -0.3 is 10.6 Å². The molecule has 0 bridgehead atoms. The van der Waals surface area contributed by atoms with E-state index in [-0.39, 0.29) is 9.92 Å². The van der Waals surface area contributed by atoms with Crippen molar-refractivity contribution < 1.29 is 8.42 Å². The normalized spacial score (nSPS) is 12.3. The van der Waals surface area contributed by atoms with Crippen LogP contribution in [0.1, 0.15) is 0 Å². The van der Waals surface area contributed by atoms with Crippen molar-refractivity contribution in [2.24, 2.45) is 0 Å². The van der Waals surface area contributed by atoms with Gasteiger partial charge in [-0.05, 0) is 32.3 Å². The van der Waals surface area contributed by atoms with Crippen LogP contribution in [0.5, 0.6) is 0 Å². The molecule has 1 rings (SSSR count). The van der Waals surface area contributed by atoms with Crippen LogP contribution in [0.15, 0.2) is 23.1 Å². The van der Waals surface area contributed by atoms with Crippen molar-refractivity contribution in [1.29, 1.82) is 0 Å². The maximum Gasteiger partial charge on any atom is 0.242 e. The fourth-order valence-corrected chi connectivity index (χ4v) is 2.74. The van der Waals surface area contributed by atoms with Gasteiger partial charge in [0, 0.05) is 20.1 Å².